The average Bonchev–Trinajstić information content (AvgIpc) is 2.98. The summed E-state index contributed by atoms with van der Waals surface area (Å²) in [5.41, 5.74) is 4.10. The molecule has 1 aromatic heterocycles. The van der Waals surface area contributed by atoms with Crippen molar-refractivity contribution in [3.63, 3.8) is 0 Å². The Balaban J connectivity index is 0.000000307. The lowest BCUT2D eigenvalue weighted by atomic mass is 10.5. The number of ether oxygens (including phenoxy) is 1. The van der Waals surface area contributed by atoms with E-state index in [-0.39, 0.29) is 6.61 Å². The monoisotopic (exact) mass is 363 g/mol. The number of nitrogens with two attached hydrogens (primary N) is 1. The van der Waals surface area contributed by atoms with Crippen LogP contribution < -0.4 is 11.4 Å². The third kappa shape index (κ3) is 5.98. The van der Waals surface area contributed by atoms with E-state index in [9.17, 15) is 18.8 Å². The summed E-state index contributed by atoms with van der Waals surface area (Å²) >= 11 is 1.35. The van der Waals surface area contributed by atoms with Gasteiger partial charge < -0.3 is 25.8 Å². The molecule has 1 aromatic rings. The maximum Gasteiger partial charge on any atom is 0.351 e. The van der Waals surface area contributed by atoms with Crippen molar-refractivity contribution in [1.29, 1.82) is 0 Å². The van der Waals surface area contributed by atoms with Crippen LogP contribution in [0.5, 0.6) is 0 Å². The second-order valence-electron chi connectivity index (χ2n) is 4.21. The molecule has 0 saturated carbocycles. The number of carboxylic acid groups (broad SMARTS) is 2. The predicted molar refractivity (Wildman–Crippen MR) is 80.7 cm³/mol. The molecule has 0 spiro atoms. The van der Waals surface area contributed by atoms with Gasteiger partial charge in [0.15, 0.2) is 11.6 Å². The fourth-order valence-electron chi connectivity index (χ4n) is 1.49. The van der Waals surface area contributed by atoms with Crippen molar-refractivity contribution in [3.05, 3.63) is 34.7 Å². The summed E-state index contributed by atoms with van der Waals surface area (Å²) in [6.45, 7) is -0.152. The highest BCUT2D eigenvalue weighted by Gasteiger charge is 2.27. The molecule has 1 fully saturated rings. The number of aliphatic hydroxyl groups excluding tert-OH is 1. The number of aliphatic carboxylic acids is 2. The Bertz CT molecular complexity index is 678. The minimum absolute atomic E-state index is 0.152. The van der Waals surface area contributed by atoms with E-state index in [1.807, 2.05) is 0 Å². The molecule has 1 aliphatic rings. The maximum absolute atomic E-state index is 13.1. The third-order valence-electron chi connectivity index (χ3n) is 2.50. The van der Waals surface area contributed by atoms with Crippen molar-refractivity contribution in [2.24, 2.45) is 0 Å². The first-order valence-corrected chi connectivity index (χ1v) is 7.35. The molecule has 1 aliphatic heterocycles. The van der Waals surface area contributed by atoms with Crippen molar-refractivity contribution in [3.8, 4) is 0 Å². The molecule has 132 valence electrons. The van der Waals surface area contributed by atoms with Crippen LogP contribution in [-0.4, -0.2) is 54.6 Å². The van der Waals surface area contributed by atoms with E-state index >= 15 is 0 Å². The normalized spacial score (nSPS) is 19.8. The Morgan fingerprint density at radius 3 is 2.50 bits per heavy atom. The second kappa shape index (κ2) is 9.00. The van der Waals surface area contributed by atoms with Crippen LogP contribution in [-0.2, 0) is 14.3 Å². The Morgan fingerprint density at radius 1 is 1.46 bits per heavy atom. The standard InChI is InChI=1S/C8H10FN3O3S.C4H4O4/c9-4-1-12(8(14)11-7(4)10)5-3-16-6(2-13)15-5;5-3(6)1-2-4(7)8/h1,5-6,13H,2-3H2,(H2,10,11,14);1-2H,(H,5,6)(H,7,8)/b;2-1+/t5-,6+;/m0./s1. The Hall–Kier alpha value is -2.44. The van der Waals surface area contributed by atoms with Crippen molar-refractivity contribution in [2.75, 3.05) is 18.1 Å². The summed E-state index contributed by atoms with van der Waals surface area (Å²) in [7, 11) is 0. The van der Waals surface area contributed by atoms with Gasteiger partial charge in [-0.2, -0.15) is 4.98 Å². The smallest absolute Gasteiger partial charge is 0.351 e. The molecule has 0 bridgehead atoms. The molecule has 0 amide bonds. The number of aromatic nitrogens is 2. The van der Waals surface area contributed by atoms with Crippen molar-refractivity contribution in [2.45, 2.75) is 11.7 Å². The summed E-state index contributed by atoms with van der Waals surface area (Å²) in [5.74, 6) is -3.25. The summed E-state index contributed by atoms with van der Waals surface area (Å²) in [5, 5.41) is 24.5. The number of rotatable bonds is 4. The fraction of sp³-hybridized carbons (Fsp3) is 0.333. The van der Waals surface area contributed by atoms with Gasteiger partial charge in [-0.25, -0.2) is 18.8 Å². The van der Waals surface area contributed by atoms with Crippen molar-refractivity contribution < 1.29 is 34.0 Å². The van der Waals surface area contributed by atoms with Gasteiger partial charge in [0.1, 0.15) is 11.7 Å². The van der Waals surface area contributed by atoms with Gasteiger partial charge in [0.2, 0.25) is 0 Å². The Morgan fingerprint density at radius 2 is 2.04 bits per heavy atom. The van der Waals surface area contributed by atoms with Crippen LogP contribution in [0.1, 0.15) is 6.23 Å². The van der Waals surface area contributed by atoms with E-state index in [1.165, 1.54) is 11.8 Å². The molecule has 0 aliphatic carbocycles. The van der Waals surface area contributed by atoms with E-state index in [4.69, 9.17) is 25.8 Å². The van der Waals surface area contributed by atoms with Gasteiger partial charge in [0, 0.05) is 17.9 Å². The molecule has 24 heavy (non-hydrogen) atoms. The minimum Gasteiger partial charge on any atom is -0.478 e. The van der Waals surface area contributed by atoms with Crippen LogP contribution in [0.15, 0.2) is 23.1 Å². The van der Waals surface area contributed by atoms with Crippen molar-refractivity contribution in [1.82, 2.24) is 9.55 Å². The highest BCUT2D eigenvalue weighted by Crippen LogP contribution is 2.30. The molecule has 10 nitrogen and oxygen atoms in total. The minimum atomic E-state index is -1.26. The van der Waals surface area contributed by atoms with Crippen molar-refractivity contribution >= 4 is 29.5 Å². The number of aliphatic hydroxyl groups is 1. The average molecular weight is 363 g/mol. The molecule has 2 rings (SSSR count). The summed E-state index contributed by atoms with van der Waals surface area (Å²) in [6.07, 6.45) is 1.47. The van der Waals surface area contributed by atoms with Gasteiger partial charge in [-0.15, -0.1) is 11.8 Å². The maximum atomic E-state index is 13.1. The number of hydrogen-bond donors (Lipinski definition) is 4. The van der Waals surface area contributed by atoms with E-state index in [2.05, 4.69) is 4.98 Å². The van der Waals surface area contributed by atoms with Crippen LogP contribution in [0.25, 0.3) is 0 Å². The Kier molecular flexibility index (Phi) is 7.35. The number of thioether (sulfide) groups is 1. The van der Waals surface area contributed by atoms with Gasteiger partial charge in [-0.3, -0.25) is 4.57 Å². The quantitative estimate of drug-likeness (QED) is 0.500. The summed E-state index contributed by atoms with van der Waals surface area (Å²) < 4.78 is 19.5. The van der Waals surface area contributed by atoms with Gasteiger partial charge >= 0.3 is 17.6 Å². The van der Waals surface area contributed by atoms with Gasteiger partial charge in [0.05, 0.1) is 12.8 Å². The first kappa shape index (κ1) is 19.6. The molecule has 5 N–H and O–H groups in total. The molecular weight excluding hydrogens is 349 g/mol. The second-order valence-corrected chi connectivity index (χ2v) is 5.40. The molecular formula is C12H14FN3O7S. The molecule has 2 atom stereocenters. The predicted octanol–water partition coefficient (Wildman–Crippen LogP) is -0.743. The lowest BCUT2D eigenvalue weighted by molar-refractivity contribution is -0.134. The number of anilines is 1. The molecule has 1 saturated heterocycles. The van der Waals surface area contributed by atoms with Crippen LogP contribution in [0.3, 0.4) is 0 Å². The number of halogens is 1. The van der Waals surface area contributed by atoms with E-state index < -0.39 is 40.9 Å². The number of carbonyl (C=O) groups is 2. The zero-order chi connectivity index (χ0) is 18.3. The number of hydrogen-bond acceptors (Lipinski definition) is 8. The molecule has 2 heterocycles. The number of nitrogen functional groups attached to an aromatic ring is 1. The zero-order valence-electron chi connectivity index (χ0n) is 12.0. The van der Waals surface area contributed by atoms with Crippen LogP contribution in [0, 0.1) is 5.82 Å². The van der Waals surface area contributed by atoms with Gasteiger partial charge in [-0.05, 0) is 0 Å². The van der Waals surface area contributed by atoms with E-state index in [0.717, 1.165) is 10.8 Å². The van der Waals surface area contributed by atoms with Gasteiger partial charge in [0.25, 0.3) is 0 Å². The van der Waals surface area contributed by atoms with Crippen LogP contribution in [0.2, 0.25) is 0 Å². The van der Waals surface area contributed by atoms with E-state index in [1.54, 1.807) is 0 Å². The molecule has 0 radical (unpaired) electrons. The molecule has 12 heteroatoms. The summed E-state index contributed by atoms with van der Waals surface area (Å²) in [4.78, 5) is 33.9. The highest BCUT2D eigenvalue weighted by molar-refractivity contribution is 8.00. The number of carboxylic acids is 2. The lowest BCUT2D eigenvalue weighted by Crippen LogP contribution is -2.29. The highest BCUT2D eigenvalue weighted by atomic mass is 32.2. The topological polar surface area (TPSA) is 165 Å². The summed E-state index contributed by atoms with van der Waals surface area (Å²) in [6, 6.07) is 0. The molecule has 0 aromatic carbocycles. The fourth-order valence-corrected chi connectivity index (χ4v) is 2.42. The first-order valence-electron chi connectivity index (χ1n) is 6.30. The molecule has 0 unspecified atom stereocenters. The zero-order valence-corrected chi connectivity index (χ0v) is 12.9. The van der Waals surface area contributed by atoms with Crippen LogP contribution >= 0.6 is 11.8 Å². The van der Waals surface area contributed by atoms with E-state index in [0.29, 0.717) is 17.9 Å². The van der Waals surface area contributed by atoms with Gasteiger partial charge in [-0.1, -0.05) is 0 Å². The first-order chi connectivity index (χ1) is 11.2. The SMILES string of the molecule is Nc1nc(=O)n([C@@H]2CS[C@H](CO)O2)cc1F.O=C(O)/C=C/C(=O)O. The third-order valence-corrected chi connectivity index (χ3v) is 3.61. The number of nitrogens with zero attached hydrogens (tertiary/aromatic N) is 2. The lowest BCUT2D eigenvalue weighted by Gasteiger charge is -2.13. The Labute approximate surface area is 138 Å². The van der Waals surface area contributed by atoms with Crippen LogP contribution in [0.4, 0.5) is 10.2 Å². The largest absolute Gasteiger partial charge is 0.478 e.